The predicted molar refractivity (Wildman–Crippen MR) is 119 cm³/mol. The predicted octanol–water partition coefficient (Wildman–Crippen LogP) is 3.40. The van der Waals surface area contributed by atoms with E-state index in [1.165, 1.54) is 0 Å². The van der Waals surface area contributed by atoms with E-state index in [9.17, 15) is 4.79 Å². The lowest BCUT2D eigenvalue weighted by Gasteiger charge is -2.36. The maximum atomic E-state index is 13.5. The molecule has 1 amide bonds. The third-order valence-corrected chi connectivity index (χ3v) is 6.18. The van der Waals surface area contributed by atoms with Crippen LogP contribution < -0.4 is 10.6 Å². The molecular formula is C21H27N7OS. The van der Waals surface area contributed by atoms with E-state index < -0.39 is 0 Å². The van der Waals surface area contributed by atoms with Gasteiger partial charge in [0.25, 0.3) is 0 Å². The number of hydrogen-bond acceptors (Lipinski definition) is 6. The van der Waals surface area contributed by atoms with Crippen LogP contribution in [-0.2, 0) is 11.8 Å². The molecule has 1 aliphatic rings. The maximum Gasteiger partial charge on any atom is 0.232 e. The van der Waals surface area contributed by atoms with Gasteiger partial charge in [0, 0.05) is 30.5 Å². The van der Waals surface area contributed by atoms with Gasteiger partial charge in [-0.3, -0.25) is 9.48 Å². The zero-order valence-electron chi connectivity index (χ0n) is 17.9. The number of benzene rings is 1. The van der Waals surface area contributed by atoms with Crippen LogP contribution in [0.3, 0.4) is 0 Å². The van der Waals surface area contributed by atoms with E-state index in [1.807, 2.05) is 63.0 Å². The third-order valence-electron chi connectivity index (χ3n) is 5.46. The smallest absolute Gasteiger partial charge is 0.232 e. The van der Waals surface area contributed by atoms with Gasteiger partial charge in [-0.2, -0.15) is 10.1 Å². The molecule has 3 aromatic rings. The van der Waals surface area contributed by atoms with E-state index in [1.54, 1.807) is 16.4 Å². The summed E-state index contributed by atoms with van der Waals surface area (Å²) >= 11 is 1.59. The lowest BCUT2D eigenvalue weighted by molar-refractivity contribution is -0.121. The summed E-state index contributed by atoms with van der Waals surface area (Å²) in [6, 6.07) is 7.38. The number of aryl methyl sites for hydroxylation is 3. The van der Waals surface area contributed by atoms with Gasteiger partial charge in [0.15, 0.2) is 0 Å². The highest BCUT2D eigenvalue weighted by Gasteiger charge is 2.43. The lowest BCUT2D eigenvalue weighted by atomic mass is 9.85. The highest BCUT2D eigenvalue weighted by Crippen LogP contribution is 2.38. The number of carbonyl (C=O) groups excluding carboxylic acids is 1. The summed E-state index contributed by atoms with van der Waals surface area (Å²) in [6.07, 6.45) is 1.98. The number of para-hydroxylation sites is 1. The van der Waals surface area contributed by atoms with Crippen molar-refractivity contribution in [3.05, 3.63) is 47.3 Å². The van der Waals surface area contributed by atoms with Crippen LogP contribution in [-0.4, -0.2) is 42.2 Å². The Labute approximate surface area is 180 Å². The van der Waals surface area contributed by atoms with Crippen LogP contribution in [0, 0.1) is 19.8 Å². The normalized spacial score (nSPS) is 20.5. The maximum absolute atomic E-state index is 13.5. The minimum Gasteiger partial charge on any atom is -0.351 e. The largest absolute Gasteiger partial charge is 0.351 e. The van der Waals surface area contributed by atoms with Crippen molar-refractivity contribution >= 4 is 29.3 Å². The summed E-state index contributed by atoms with van der Waals surface area (Å²) in [4.78, 5) is 18.2. The highest BCUT2D eigenvalue weighted by molar-refractivity contribution is 7.99. The van der Waals surface area contributed by atoms with Crippen molar-refractivity contribution in [2.75, 3.05) is 16.4 Å². The molecule has 0 radical (unpaired) electrons. The molecule has 0 saturated carbocycles. The number of hydrogen-bond donors (Lipinski definition) is 2. The SMILES string of the molecule is CCSc1nc2n(n1)[C@@H](c1cn(C)nc1C)[C@H](C(=O)Nc1ccccc1C)[C@@H](C)N2. The monoisotopic (exact) mass is 425 g/mol. The van der Waals surface area contributed by atoms with Crippen LogP contribution in [0.5, 0.6) is 0 Å². The summed E-state index contributed by atoms with van der Waals surface area (Å²) in [5.74, 6) is 1.13. The molecule has 3 atom stereocenters. The van der Waals surface area contributed by atoms with Crippen molar-refractivity contribution in [1.29, 1.82) is 0 Å². The van der Waals surface area contributed by atoms with E-state index in [-0.39, 0.29) is 23.9 Å². The molecule has 158 valence electrons. The molecule has 0 fully saturated rings. The van der Waals surface area contributed by atoms with E-state index in [2.05, 4.69) is 27.6 Å². The molecule has 0 spiro atoms. The second-order valence-corrected chi connectivity index (χ2v) is 8.88. The molecule has 0 bridgehead atoms. The van der Waals surface area contributed by atoms with Gasteiger partial charge in [-0.05, 0) is 38.2 Å². The zero-order chi connectivity index (χ0) is 21.4. The Hall–Kier alpha value is -2.81. The molecule has 0 saturated heterocycles. The zero-order valence-corrected chi connectivity index (χ0v) is 18.7. The van der Waals surface area contributed by atoms with E-state index >= 15 is 0 Å². The van der Waals surface area contributed by atoms with Gasteiger partial charge in [0.05, 0.1) is 17.7 Å². The number of fused-ring (bicyclic) bond motifs is 1. The average Bonchev–Trinajstić information content (AvgIpc) is 3.24. The second kappa shape index (κ2) is 8.14. The lowest BCUT2D eigenvalue weighted by Crippen LogP contribution is -2.46. The number of thioether (sulfide) groups is 1. The second-order valence-electron chi connectivity index (χ2n) is 7.65. The van der Waals surface area contributed by atoms with Gasteiger partial charge in [-0.1, -0.05) is 36.9 Å². The van der Waals surface area contributed by atoms with Crippen molar-refractivity contribution in [1.82, 2.24) is 24.5 Å². The third kappa shape index (κ3) is 3.69. The Kier molecular flexibility index (Phi) is 5.55. The molecule has 1 aromatic carbocycles. The fourth-order valence-corrected chi connectivity index (χ4v) is 4.59. The molecule has 0 unspecified atom stereocenters. The first kappa shape index (κ1) is 20.5. The summed E-state index contributed by atoms with van der Waals surface area (Å²) in [7, 11) is 1.89. The summed E-state index contributed by atoms with van der Waals surface area (Å²) in [6.45, 7) is 8.05. The number of aromatic nitrogens is 5. The van der Waals surface area contributed by atoms with Crippen LogP contribution in [0.25, 0.3) is 0 Å². The number of amides is 1. The highest BCUT2D eigenvalue weighted by atomic mass is 32.2. The molecule has 3 heterocycles. The standard InChI is InChI=1S/C21H27N7OS/c1-6-30-21-24-20-22-14(4)17(19(29)23-16-10-8-7-9-12(16)2)18(28(20)26-21)15-11-27(5)25-13(15)3/h7-11,14,17-18H,6H2,1-5H3,(H,23,29)(H,22,24,26)/t14-,17-,18+/m1/s1. The molecule has 0 aliphatic carbocycles. The van der Waals surface area contributed by atoms with Crippen LogP contribution in [0.1, 0.15) is 36.7 Å². The van der Waals surface area contributed by atoms with Gasteiger partial charge in [-0.15, -0.1) is 5.10 Å². The minimum atomic E-state index is -0.388. The molecular weight excluding hydrogens is 398 g/mol. The number of anilines is 2. The molecule has 9 heteroatoms. The van der Waals surface area contributed by atoms with Gasteiger partial charge in [0.2, 0.25) is 17.0 Å². The molecule has 4 rings (SSSR count). The van der Waals surface area contributed by atoms with Crippen molar-refractivity contribution in [3.63, 3.8) is 0 Å². The van der Waals surface area contributed by atoms with Crippen molar-refractivity contribution in [2.45, 2.75) is 44.9 Å². The first-order valence-electron chi connectivity index (χ1n) is 10.1. The van der Waals surface area contributed by atoms with Crippen LogP contribution in [0.4, 0.5) is 11.6 Å². The van der Waals surface area contributed by atoms with Gasteiger partial charge >= 0.3 is 0 Å². The van der Waals surface area contributed by atoms with E-state index in [0.717, 1.165) is 28.3 Å². The first-order chi connectivity index (χ1) is 14.4. The Morgan fingerprint density at radius 3 is 2.70 bits per heavy atom. The van der Waals surface area contributed by atoms with Crippen molar-refractivity contribution in [2.24, 2.45) is 13.0 Å². The molecule has 8 nitrogen and oxygen atoms in total. The van der Waals surface area contributed by atoms with E-state index in [0.29, 0.717) is 11.1 Å². The fourth-order valence-electron chi connectivity index (χ4n) is 4.04. The van der Waals surface area contributed by atoms with Crippen molar-refractivity contribution < 1.29 is 4.79 Å². The molecule has 2 aromatic heterocycles. The first-order valence-corrected chi connectivity index (χ1v) is 11.1. The minimum absolute atomic E-state index is 0.0524. The van der Waals surface area contributed by atoms with Crippen LogP contribution in [0.15, 0.2) is 35.6 Å². The van der Waals surface area contributed by atoms with Gasteiger partial charge < -0.3 is 10.6 Å². The summed E-state index contributed by atoms with van der Waals surface area (Å²) in [5, 5.41) is 16.5. The molecule has 30 heavy (non-hydrogen) atoms. The molecule has 1 aliphatic heterocycles. The Morgan fingerprint density at radius 1 is 1.27 bits per heavy atom. The Morgan fingerprint density at radius 2 is 2.03 bits per heavy atom. The van der Waals surface area contributed by atoms with Crippen LogP contribution >= 0.6 is 11.8 Å². The number of rotatable bonds is 5. The van der Waals surface area contributed by atoms with Gasteiger partial charge in [-0.25, -0.2) is 4.68 Å². The van der Waals surface area contributed by atoms with Gasteiger partial charge in [0.1, 0.15) is 0 Å². The average molecular weight is 426 g/mol. The quantitative estimate of drug-likeness (QED) is 0.609. The molecule has 2 N–H and O–H groups in total. The summed E-state index contributed by atoms with van der Waals surface area (Å²) < 4.78 is 3.64. The van der Waals surface area contributed by atoms with Crippen LogP contribution in [0.2, 0.25) is 0 Å². The fraction of sp³-hybridized carbons (Fsp3) is 0.429. The topological polar surface area (TPSA) is 89.7 Å². The van der Waals surface area contributed by atoms with Crippen molar-refractivity contribution in [3.8, 4) is 0 Å². The number of carbonyl (C=O) groups is 1. The van der Waals surface area contributed by atoms with E-state index in [4.69, 9.17) is 5.10 Å². The number of nitrogens with zero attached hydrogens (tertiary/aromatic N) is 5. The number of nitrogens with one attached hydrogen (secondary N) is 2. The Balaban J connectivity index is 1.78. The Bertz CT molecular complexity index is 1070. The summed E-state index contributed by atoms with van der Waals surface area (Å²) in [5.41, 5.74) is 3.72.